The van der Waals surface area contributed by atoms with Crippen LogP contribution in [0.15, 0.2) is 95.8 Å². The number of benzene rings is 3. The van der Waals surface area contributed by atoms with Gasteiger partial charge in [-0.25, -0.2) is 4.79 Å². The van der Waals surface area contributed by atoms with E-state index in [2.05, 4.69) is 27.8 Å². The normalized spacial score (nSPS) is 17.2. The molecule has 2 bridgehead atoms. The number of hydrogen-bond donors (Lipinski definition) is 3. The second-order valence-electron chi connectivity index (χ2n) is 11.1. The molecule has 2 aliphatic heterocycles. The average molecular weight is 562 g/mol. The highest BCUT2D eigenvalue weighted by molar-refractivity contribution is 6.04. The molecule has 8 heteroatoms. The van der Waals surface area contributed by atoms with Crippen LogP contribution < -0.4 is 26.4 Å². The summed E-state index contributed by atoms with van der Waals surface area (Å²) in [4.78, 5) is 41.1. The van der Waals surface area contributed by atoms with Gasteiger partial charge < -0.3 is 25.4 Å². The molecule has 8 nitrogen and oxygen atoms in total. The van der Waals surface area contributed by atoms with Gasteiger partial charge in [0.2, 0.25) is 0 Å². The van der Waals surface area contributed by atoms with Gasteiger partial charge in [0.15, 0.2) is 0 Å². The summed E-state index contributed by atoms with van der Waals surface area (Å²) in [5.74, 6) is 0.302. The number of carbonyl (C=O) groups excluding carboxylic acids is 2. The Kier molecular flexibility index (Phi) is 7.77. The molecule has 1 fully saturated rings. The van der Waals surface area contributed by atoms with Crippen LogP contribution in [0.3, 0.4) is 0 Å². The molecular formula is C34H35N5O3. The van der Waals surface area contributed by atoms with E-state index in [0.29, 0.717) is 42.5 Å². The minimum Gasteiger partial charge on any atom is -0.369 e. The second-order valence-corrected chi connectivity index (χ2v) is 11.1. The third kappa shape index (κ3) is 5.93. The molecule has 3 amide bonds. The number of piperidine rings is 1. The van der Waals surface area contributed by atoms with E-state index < -0.39 is 0 Å². The standard InChI is InChI=1S/C34H35N5O3/c1-2-23-11-14-28(15-12-23)36-34(42)37-29-18-26(33(41)35-19-24-7-4-3-5-8-24)13-16-31(29)38-20-25-17-27(22-38)30-9-6-10-32(40)39(30)21-25/h3-16,18,25,27H,2,17,19-22H2,1H3,(H,35,41)(H2,36,37,42)/t25-,27+/m1/s1. The lowest BCUT2D eigenvalue weighted by Crippen LogP contribution is -2.47. The summed E-state index contributed by atoms with van der Waals surface area (Å²) in [6.45, 7) is 4.65. The van der Waals surface area contributed by atoms with E-state index in [1.165, 1.54) is 5.56 Å². The molecule has 6 rings (SSSR count). The average Bonchev–Trinajstić information content (AvgIpc) is 3.01. The maximum absolute atomic E-state index is 13.2. The van der Waals surface area contributed by atoms with E-state index >= 15 is 0 Å². The Hall–Kier alpha value is -4.85. The molecule has 1 aromatic heterocycles. The van der Waals surface area contributed by atoms with Gasteiger partial charge in [-0.2, -0.15) is 0 Å². The summed E-state index contributed by atoms with van der Waals surface area (Å²) in [5, 5.41) is 8.92. The Balaban J connectivity index is 1.26. The first-order valence-electron chi connectivity index (χ1n) is 14.5. The molecule has 42 heavy (non-hydrogen) atoms. The first-order chi connectivity index (χ1) is 20.5. The van der Waals surface area contributed by atoms with Gasteiger partial charge >= 0.3 is 6.03 Å². The Bertz CT molecular complexity index is 1650. The van der Waals surface area contributed by atoms with Crippen LogP contribution >= 0.6 is 0 Å². The van der Waals surface area contributed by atoms with Gasteiger partial charge in [0.05, 0.1) is 11.4 Å². The van der Waals surface area contributed by atoms with Gasteiger partial charge in [0.25, 0.3) is 11.5 Å². The van der Waals surface area contributed by atoms with Gasteiger partial charge in [0.1, 0.15) is 0 Å². The number of carbonyl (C=O) groups is 2. The zero-order chi connectivity index (χ0) is 29.1. The number of nitrogens with zero attached hydrogens (tertiary/aromatic N) is 2. The number of anilines is 3. The number of rotatable bonds is 7. The molecule has 3 heterocycles. The molecule has 3 aromatic carbocycles. The number of nitrogens with one attached hydrogen (secondary N) is 3. The van der Waals surface area contributed by atoms with Crippen molar-refractivity contribution in [1.82, 2.24) is 9.88 Å². The van der Waals surface area contributed by atoms with Crippen molar-refractivity contribution in [3.63, 3.8) is 0 Å². The van der Waals surface area contributed by atoms with E-state index in [1.54, 1.807) is 12.1 Å². The van der Waals surface area contributed by atoms with Crippen LogP contribution in [0.25, 0.3) is 0 Å². The zero-order valence-electron chi connectivity index (χ0n) is 23.7. The summed E-state index contributed by atoms with van der Waals surface area (Å²) in [6.07, 6.45) is 1.95. The van der Waals surface area contributed by atoms with Crippen LogP contribution in [-0.4, -0.2) is 29.6 Å². The van der Waals surface area contributed by atoms with Crippen molar-refractivity contribution in [3.05, 3.63) is 124 Å². The van der Waals surface area contributed by atoms with Crippen molar-refractivity contribution in [2.75, 3.05) is 28.6 Å². The van der Waals surface area contributed by atoms with Crippen LogP contribution in [-0.2, 0) is 19.5 Å². The molecule has 2 atom stereocenters. The van der Waals surface area contributed by atoms with Crippen LogP contribution in [0.1, 0.15) is 46.4 Å². The summed E-state index contributed by atoms with van der Waals surface area (Å²) in [7, 11) is 0. The SMILES string of the molecule is CCc1ccc(NC(=O)Nc2cc(C(=O)NCc3ccccc3)ccc2N2C[C@H]3C[C@@H](C2)c2cccc(=O)n2C3)cc1. The van der Waals surface area contributed by atoms with E-state index in [1.807, 2.05) is 83.4 Å². The topological polar surface area (TPSA) is 95.5 Å². The van der Waals surface area contributed by atoms with Gasteiger partial charge in [-0.3, -0.25) is 9.59 Å². The third-order valence-electron chi connectivity index (χ3n) is 8.24. The number of hydrogen-bond acceptors (Lipinski definition) is 4. The van der Waals surface area contributed by atoms with E-state index in [-0.39, 0.29) is 23.4 Å². The Morgan fingerprint density at radius 1 is 0.833 bits per heavy atom. The minimum absolute atomic E-state index is 0.0486. The van der Waals surface area contributed by atoms with Crippen LogP contribution in [0.2, 0.25) is 0 Å². The number of aryl methyl sites for hydroxylation is 1. The van der Waals surface area contributed by atoms with Crippen molar-refractivity contribution >= 4 is 29.0 Å². The minimum atomic E-state index is -0.378. The number of urea groups is 1. The predicted octanol–water partition coefficient (Wildman–Crippen LogP) is 5.61. The molecule has 4 aromatic rings. The maximum atomic E-state index is 13.2. The number of amides is 3. The van der Waals surface area contributed by atoms with Crippen LogP contribution in [0.4, 0.5) is 21.9 Å². The lowest BCUT2D eigenvalue weighted by Gasteiger charge is -2.44. The van der Waals surface area contributed by atoms with Gasteiger partial charge in [-0.1, -0.05) is 55.5 Å². The van der Waals surface area contributed by atoms with Crippen molar-refractivity contribution in [2.24, 2.45) is 5.92 Å². The largest absolute Gasteiger partial charge is 0.369 e. The fraction of sp³-hybridized carbons (Fsp3) is 0.265. The lowest BCUT2D eigenvalue weighted by molar-refractivity contribution is 0.0951. The van der Waals surface area contributed by atoms with Gasteiger partial charge in [-0.05, 0) is 66.3 Å². The summed E-state index contributed by atoms with van der Waals surface area (Å²) in [5.41, 5.74) is 5.88. The van der Waals surface area contributed by atoms with Crippen molar-refractivity contribution in [1.29, 1.82) is 0 Å². The highest BCUT2D eigenvalue weighted by atomic mass is 16.2. The fourth-order valence-electron chi connectivity index (χ4n) is 6.14. The highest BCUT2D eigenvalue weighted by Crippen LogP contribution is 2.39. The lowest BCUT2D eigenvalue weighted by atomic mass is 9.83. The van der Waals surface area contributed by atoms with Gasteiger partial charge in [0, 0.05) is 55.1 Å². The molecule has 0 unspecified atom stereocenters. The number of fused-ring (bicyclic) bond motifs is 4. The smallest absolute Gasteiger partial charge is 0.323 e. The zero-order valence-corrected chi connectivity index (χ0v) is 23.7. The molecule has 0 saturated carbocycles. The van der Waals surface area contributed by atoms with E-state index in [4.69, 9.17) is 0 Å². The molecule has 2 aliphatic rings. The van der Waals surface area contributed by atoms with E-state index in [0.717, 1.165) is 36.3 Å². The first kappa shape index (κ1) is 27.3. The number of pyridine rings is 1. The van der Waals surface area contributed by atoms with Crippen LogP contribution in [0, 0.1) is 5.92 Å². The number of aromatic nitrogens is 1. The predicted molar refractivity (Wildman–Crippen MR) is 166 cm³/mol. The third-order valence-corrected chi connectivity index (χ3v) is 8.24. The van der Waals surface area contributed by atoms with Crippen molar-refractivity contribution in [3.8, 4) is 0 Å². The van der Waals surface area contributed by atoms with Gasteiger partial charge in [-0.15, -0.1) is 0 Å². The Morgan fingerprint density at radius 3 is 2.43 bits per heavy atom. The molecule has 0 spiro atoms. The molecule has 0 radical (unpaired) electrons. The Morgan fingerprint density at radius 2 is 1.64 bits per heavy atom. The Labute approximate surface area is 245 Å². The van der Waals surface area contributed by atoms with Crippen molar-refractivity contribution < 1.29 is 9.59 Å². The van der Waals surface area contributed by atoms with Crippen LogP contribution in [0.5, 0.6) is 0 Å². The summed E-state index contributed by atoms with van der Waals surface area (Å²) >= 11 is 0. The quantitative estimate of drug-likeness (QED) is 0.273. The first-order valence-corrected chi connectivity index (χ1v) is 14.5. The summed E-state index contributed by atoms with van der Waals surface area (Å²) < 4.78 is 1.91. The summed E-state index contributed by atoms with van der Waals surface area (Å²) in [6, 6.07) is 28.1. The monoisotopic (exact) mass is 561 g/mol. The molecule has 1 saturated heterocycles. The van der Waals surface area contributed by atoms with Crippen molar-refractivity contribution in [2.45, 2.75) is 38.8 Å². The maximum Gasteiger partial charge on any atom is 0.323 e. The fourth-order valence-corrected chi connectivity index (χ4v) is 6.14. The molecule has 3 N–H and O–H groups in total. The molecule has 214 valence electrons. The highest BCUT2D eigenvalue weighted by Gasteiger charge is 2.35. The molecule has 0 aliphatic carbocycles. The van der Waals surface area contributed by atoms with E-state index in [9.17, 15) is 14.4 Å². The molecular weight excluding hydrogens is 526 g/mol. The second kappa shape index (κ2) is 11.9.